The maximum atomic E-state index is 6.22. The lowest BCUT2D eigenvalue weighted by molar-refractivity contribution is -0.0287. The summed E-state index contributed by atoms with van der Waals surface area (Å²) >= 11 is 0. The Morgan fingerprint density at radius 1 is 0.455 bits per heavy atom. The lowest BCUT2D eigenvalue weighted by atomic mass is 10.1. The number of ether oxygens (including phenoxy) is 2. The molecule has 0 aliphatic carbocycles. The van der Waals surface area contributed by atoms with Crippen molar-refractivity contribution in [2.24, 2.45) is 0 Å². The lowest BCUT2D eigenvalue weighted by Gasteiger charge is -2.21. The van der Waals surface area contributed by atoms with Crippen LogP contribution in [-0.4, -0.2) is 51.5 Å². The number of rotatable bonds is 36. The highest BCUT2D eigenvalue weighted by Gasteiger charge is 2.10. The monoisotopic (exact) mass is 618 g/mol. The van der Waals surface area contributed by atoms with Crippen molar-refractivity contribution in [3.8, 4) is 0 Å². The van der Waals surface area contributed by atoms with E-state index in [-0.39, 0.29) is 6.10 Å². The molecule has 0 aromatic heterocycles. The SMILES string of the molecule is CCCCC/C=C\C/C=C\CCCCCCCCOCC(CN(C)C)OCCCCCCCCCCC/C=C\CCCCC. The zero-order valence-corrected chi connectivity index (χ0v) is 30.5. The van der Waals surface area contributed by atoms with Crippen molar-refractivity contribution in [2.75, 3.05) is 40.5 Å². The van der Waals surface area contributed by atoms with Crippen LogP contribution in [0.1, 0.15) is 181 Å². The average molecular weight is 618 g/mol. The average Bonchev–Trinajstić information content (AvgIpc) is 3.01. The van der Waals surface area contributed by atoms with Gasteiger partial charge in [-0.05, 0) is 84.7 Å². The number of hydrogen-bond acceptors (Lipinski definition) is 3. The Balaban J connectivity index is 3.54. The van der Waals surface area contributed by atoms with E-state index in [1.807, 2.05) is 0 Å². The van der Waals surface area contributed by atoms with E-state index in [0.29, 0.717) is 0 Å². The first-order valence-corrected chi connectivity index (χ1v) is 19.5. The van der Waals surface area contributed by atoms with Crippen LogP contribution in [0.15, 0.2) is 36.5 Å². The van der Waals surface area contributed by atoms with E-state index in [1.165, 1.54) is 161 Å². The van der Waals surface area contributed by atoms with Gasteiger partial charge in [-0.3, -0.25) is 0 Å². The molecule has 260 valence electrons. The van der Waals surface area contributed by atoms with E-state index in [4.69, 9.17) is 9.47 Å². The molecule has 0 fully saturated rings. The van der Waals surface area contributed by atoms with Gasteiger partial charge in [0.05, 0.1) is 12.7 Å². The molecule has 0 saturated carbocycles. The molecule has 0 aliphatic rings. The standard InChI is InChI=1S/C41H79NO2/c1-5-7-9-11-13-15-17-19-21-23-25-27-29-31-33-35-37-43-40-41(39-42(3)4)44-38-36-34-32-30-28-26-24-22-20-18-16-14-12-10-8-6-2/h13-16,19,21,41H,5-12,17-18,20,22-40H2,1-4H3/b15-13-,16-14-,21-19-. The third-order valence-corrected chi connectivity index (χ3v) is 8.37. The summed E-state index contributed by atoms with van der Waals surface area (Å²) in [5.74, 6) is 0. The van der Waals surface area contributed by atoms with Crippen molar-refractivity contribution in [3.05, 3.63) is 36.5 Å². The Labute approximate surface area is 277 Å². The fraction of sp³-hybridized carbons (Fsp3) is 0.854. The number of hydrogen-bond donors (Lipinski definition) is 0. The van der Waals surface area contributed by atoms with Crippen LogP contribution >= 0.6 is 0 Å². The summed E-state index contributed by atoms with van der Waals surface area (Å²) in [5, 5.41) is 0. The van der Waals surface area contributed by atoms with Crippen molar-refractivity contribution in [2.45, 2.75) is 187 Å². The molecule has 0 N–H and O–H groups in total. The van der Waals surface area contributed by atoms with Crippen molar-refractivity contribution in [3.63, 3.8) is 0 Å². The molecule has 1 atom stereocenters. The van der Waals surface area contributed by atoms with Crippen LogP contribution in [0.2, 0.25) is 0 Å². The van der Waals surface area contributed by atoms with Gasteiger partial charge in [-0.15, -0.1) is 0 Å². The highest BCUT2D eigenvalue weighted by atomic mass is 16.5. The Morgan fingerprint density at radius 3 is 1.30 bits per heavy atom. The van der Waals surface area contributed by atoms with Gasteiger partial charge in [0.25, 0.3) is 0 Å². The Morgan fingerprint density at radius 2 is 0.841 bits per heavy atom. The summed E-state index contributed by atoms with van der Waals surface area (Å²) in [5.41, 5.74) is 0. The molecule has 44 heavy (non-hydrogen) atoms. The topological polar surface area (TPSA) is 21.7 Å². The first kappa shape index (κ1) is 43.1. The molecule has 0 heterocycles. The quantitative estimate of drug-likeness (QED) is 0.0515. The highest BCUT2D eigenvalue weighted by Crippen LogP contribution is 2.12. The molecule has 0 aliphatic heterocycles. The Hall–Kier alpha value is -0.900. The van der Waals surface area contributed by atoms with Gasteiger partial charge < -0.3 is 14.4 Å². The number of nitrogens with zero attached hydrogens (tertiary/aromatic N) is 1. The summed E-state index contributed by atoms with van der Waals surface area (Å²) < 4.78 is 12.3. The molecule has 0 spiro atoms. The van der Waals surface area contributed by atoms with Crippen LogP contribution in [0, 0.1) is 0 Å². The van der Waals surface area contributed by atoms with Gasteiger partial charge in [0.1, 0.15) is 0 Å². The van der Waals surface area contributed by atoms with E-state index in [2.05, 4.69) is 69.3 Å². The Kier molecular flexibility index (Phi) is 37.5. The zero-order chi connectivity index (χ0) is 32.0. The normalized spacial score (nSPS) is 13.0. The van der Waals surface area contributed by atoms with Gasteiger partial charge in [-0.2, -0.15) is 0 Å². The molecule has 1 unspecified atom stereocenters. The molecule has 3 heteroatoms. The number of unbranched alkanes of at least 4 members (excludes halogenated alkanes) is 21. The van der Waals surface area contributed by atoms with Gasteiger partial charge in [-0.1, -0.05) is 147 Å². The molecule has 0 saturated heterocycles. The molecular weight excluding hydrogens is 538 g/mol. The fourth-order valence-corrected chi connectivity index (χ4v) is 5.57. The van der Waals surface area contributed by atoms with Gasteiger partial charge in [0.2, 0.25) is 0 Å². The minimum atomic E-state index is 0.195. The molecule has 0 bridgehead atoms. The van der Waals surface area contributed by atoms with Crippen LogP contribution < -0.4 is 0 Å². The molecular formula is C41H79NO2. The number of allylic oxidation sites excluding steroid dienone is 6. The predicted molar refractivity (Wildman–Crippen MR) is 198 cm³/mol. The molecule has 0 aromatic rings. The lowest BCUT2D eigenvalue weighted by Crippen LogP contribution is -2.32. The summed E-state index contributed by atoms with van der Waals surface area (Å²) in [6.07, 6.45) is 48.6. The maximum Gasteiger partial charge on any atom is 0.0934 e. The van der Waals surface area contributed by atoms with Crippen molar-refractivity contribution >= 4 is 0 Å². The Bertz CT molecular complexity index is 612. The van der Waals surface area contributed by atoms with E-state index in [1.54, 1.807) is 0 Å². The van der Waals surface area contributed by atoms with E-state index in [9.17, 15) is 0 Å². The van der Waals surface area contributed by atoms with Crippen molar-refractivity contribution < 1.29 is 9.47 Å². The second-order valence-electron chi connectivity index (χ2n) is 13.4. The van der Waals surface area contributed by atoms with Crippen LogP contribution in [0.4, 0.5) is 0 Å². The fourth-order valence-electron chi connectivity index (χ4n) is 5.57. The summed E-state index contributed by atoms with van der Waals surface area (Å²) in [6.45, 7) is 7.96. The maximum absolute atomic E-state index is 6.22. The summed E-state index contributed by atoms with van der Waals surface area (Å²) in [6, 6.07) is 0. The van der Waals surface area contributed by atoms with Gasteiger partial charge >= 0.3 is 0 Å². The minimum Gasteiger partial charge on any atom is -0.379 e. The van der Waals surface area contributed by atoms with Gasteiger partial charge in [-0.25, -0.2) is 0 Å². The van der Waals surface area contributed by atoms with Gasteiger partial charge in [0.15, 0.2) is 0 Å². The first-order valence-electron chi connectivity index (χ1n) is 19.5. The second-order valence-corrected chi connectivity index (χ2v) is 13.4. The van der Waals surface area contributed by atoms with E-state index < -0.39 is 0 Å². The second kappa shape index (κ2) is 38.3. The first-order chi connectivity index (χ1) is 21.7. The molecule has 0 radical (unpaired) electrons. The van der Waals surface area contributed by atoms with Crippen LogP contribution in [-0.2, 0) is 9.47 Å². The molecule has 0 rings (SSSR count). The third kappa shape index (κ3) is 37.3. The smallest absolute Gasteiger partial charge is 0.0934 e. The summed E-state index contributed by atoms with van der Waals surface area (Å²) in [7, 11) is 4.26. The van der Waals surface area contributed by atoms with Crippen molar-refractivity contribution in [1.82, 2.24) is 4.90 Å². The molecule has 3 nitrogen and oxygen atoms in total. The number of likely N-dealkylation sites (N-methyl/N-ethyl adjacent to an activating group) is 1. The van der Waals surface area contributed by atoms with Gasteiger partial charge in [0, 0.05) is 19.8 Å². The highest BCUT2D eigenvalue weighted by molar-refractivity contribution is 4.92. The van der Waals surface area contributed by atoms with Crippen LogP contribution in [0.3, 0.4) is 0 Å². The largest absolute Gasteiger partial charge is 0.379 e. The molecule has 0 amide bonds. The third-order valence-electron chi connectivity index (χ3n) is 8.37. The summed E-state index contributed by atoms with van der Waals surface area (Å²) in [4.78, 5) is 2.22. The predicted octanol–water partition coefficient (Wildman–Crippen LogP) is 12.8. The molecule has 0 aromatic carbocycles. The minimum absolute atomic E-state index is 0.195. The van der Waals surface area contributed by atoms with Crippen LogP contribution in [0.25, 0.3) is 0 Å². The van der Waals surface area contributed by atoms with E-state index in [0.717, 1.165) is 32.8 Å². The van der Waals surface area contributed by atoms with E-state index >= 15 is 0 Å². The zero-order valence-electron chi connectivity index (χ0n) is 30.5. The van der Waals surface area contributed by atoms with Crippen molar-refractivity contribution in [1.29, 1.82) is 0 Å². The van der Waals surface area contributed by atoms with Crippen LogP contribution in [0.5, 0.6) is 0 Å².